The van der Waals surface area contributed by atoms with Gasteiger partial charge in [0.15, 0.2) is 0 Å². The second-order valence-corrected chi connectivity index (χ2v) is 5.91. The number of benzene rings is 1. The molecule has 1 heterocycles. The number of rotatable bonds is 6. The molecular weight excluding hydrogens is 280 g/mol. The van der Waals surface area contributed by atoms with Crippen LogP contribution in [-0.4, -0.2) is 11.5 Å². The Morgan fingerprint density at radius 2 is 2.05 bits per heavy atom. The first-order valence-electron chi connectivity index (χ1n) is 7.51. The van der Waals surface area contributed by atoms with Gasteiger partial charge in [0, 0.05) is 29.4 Å². The van der Waals surface area contributed by atoms with Crippen LogP contribution in [0.1, 0.15) is 41.8 Å². The van der Waals surface area contributed by atoms with Gasteiger partial charge in [-0.1, -0.05) is 36.7 Å². The van der Waals surface area contributed by atoms with Crippen LogP contribution < -0.4 is 5.32 Å². The van der Waals surface area contributed by atoms with Gasteiger partial charge in [-0.3, -0.25) is 4.98 Å². The predicted molar refractivity (Wildman–Crippen MR) is 89.9 cm³/mol. The molecule has 0 aliphatic rings. The van der Waals surface area contributed by atoms with Crippen molar-refractivity contribution in [3.8, 4) is 0 Å². The molecule has 0 aliphatic carbocycles. The smallest absolute Gasteiger partial charge is 0.0456 e. The van der Waals surface area contributed by atoms with Crippen molar-refractivity contribution in [2.75, 3.05) is 6.54 Å². The zero-order valence-corrected chi connectivity index (χ0v) is 13.7. The van der Waals surface area contributed by atoms with Gasteiger partial charge in [-0.25, -0.2) is 0 Å². The lowest BCUT2D eigenvalue weighted by Crippen LogP contribution is -2.25. The molecule has 0 saturated heterocycles. The van der Waals surface area contributed by atoms with E-state index in [4.69, 9.17) is 11.6 Å². The van der Waals surface area contributed by atoms with Crippen LogP contribution in [0.25, 0.3) is 0 Å². The van der Waals surface area contributed by atoms with E-state index in [1.54, 1.807) is 0 Å². The number of aryl methyl sites for hydroxylation is 2. The Morgan fingerprint density at radius 1 is 1.24 bits per heavy atom. The van der Waals surface area contributed by atoms with E-state index in [9.17, 15) is 0 Å². The molecule has 3 heteroatoms. The summed E-state index contributed by atoms with van der Waals surface area (Å²) in [6.45, 7) is 7.32. The Hall–Kier alpha value is -1.38. The van der Waals surface area contributed by atoms with Crippen molar-refractivity contribution in [1.82, 2.24) is 10.3 Å². The minimum atomic E-state index is 0.201. The maximum atomic E-state index is 6.45. The summed E-state index contributed by atoms with van der Waals surface area (Å²) in [4.78, 5) is 4.52. The van der Waals surface area contributed by atoms with E-state index in [1.165, 1.54) is 11.1 Å². The molecule has 0 aliphatic heterocycles. The van der Waals surface area contributed by atoms with Gasteiger partial charge in [0.2, 0.25) is 0 Å². The SMILES string of the molecule is CCCNC(Cc1ncccc1C)c1ccc(C)cc1Cl. The zero-order chi connectivity index (χ0) is 15.2. The molecule has 1 aromatic heterocycles. The topological polar surface area (TPSA) is 24.9 Å². The molecule has 0 saturated carbocycles. The quantitative estimate of drug-likeness (QED) is 0.841. The van der Waals surface area contributed by atoms with E-state index in [1.807, 2.05) is 18.3 Å². The van der Waals surface area contributed by atoms with Gasteiger partial charge in [-0.2, -0.15) is 0 Å². The number of hydrogen-bond donors (Lipinski definition) is 1. The monoisotopic (exact) mass is 302 g/mol. The van der Waals surface area contributed by atoms with Crippen molar-refractivity contribution < 1.29 is 0 Å². The fraction of sp³-hybridized carbons (Fsp3) is 0.389. The number of hydrogen-bond acceptors (Lipinski definition) is 2. The van der Waals surface area contributed by atoms with Crippen LogP contribution in [-0.2, 0) is 6.42 Å². The Labute approximate surface area is 132 Å². The van der Waals surface area contributed by atoms with Crippen molar-refractivity contribution in [3.05, 3.63) is 63.9 Å². The summed E-state index contributed by atoms with van der Waals surface area (Å²) in [5.41, 5.74) is 4.69. The van der Waals surface area contributed by atoms with Crippen LogP contribution in [0, 0.1) is 13.8 Å². The number of halogens is 1. The average Bonchev–Trinajstić information content (AvgIpc) is 2.46. The largest absolute Gasteiger partial charge is 0.310 e. The van der Waals surface area contributed by atoms with E-state index in [0.29, 0.717) is 0 Å². The molecule has 0 bridgehead atoms. The lowest BCUT2D eigenvalue weighted by Gasteiger charge is -2.21. The molecule has 112 valence electrons. The third-order valence-electron chi connectivity index (χ3n) is 3.69. The maximum Gasteiger partial charge on any atom is 0.0456 e. The molecule has 2 aromatic rings. The molecule has 0 spiro atoms. The third-order valence-corrected chi connectivity index (χ3v) is 4.01. The second-order valence-electron chi connectivity index (χ2n) is 5.50. The van der Waals surface area contributed by atoms with Crippen LogP contribution in [0.3, 0.4) is 0 Å². The highest BCUT2D eigenvalue weighted by molar-refractivity contribution is 6.31. The summed E-state index contributed by atoms with van der Waals surface area (Å²) in [6, 6.07) is 10.6. The Morgan fingerprint density at radius 3 is 2.71 bits per heavy atom. The van der Waals surface area contributed by atoms with Gasteiger partial charge >= 0.3 is 0 Å². The first-order valence-corrected chi connectivity index (χ1v) is 7.89. The van der Waals surface area contributed by atoms with Gasteiger partial charge in [0.25, 0.3) is 0 Å². The Kier molecular flexibility index (Phi) is 5.77. The lowest BCUT2D eigenvalue weighted by atomic mass is 9.98. The molecule has 1 N–H and O–H groups in total. The van der Waals surface area contributed by atoms with Crippen molar-refractivity contribution in [3.63, 3.8) is 0 Å². The third kappa shape index (κ3) is 4.29. The first kappa shape index (κ1) is 16.0. The van der Waals surface area contributed by atoms with Gasteiger partial charge in [0.05, 0.1) is 0 Å². The van der Waals surface area contributed by atoms with Crippen molar-refractivity contribution >= 4 is 11.6 Å². The maximum absolute atomic E-state index is 6.45. The van der Waals surface area contributed by atoms with Crippen LogP contribution in [0.2, 0.25) is 5.02 Å². The second kappa shape index (κ2) is 7.58. The summed E-state index contributed by atoms with van der Waals surface area (Å²) < 4.78 is 0. The van der Waals surface area contributed by atoms with Crippen molar-refractivity contribution in [2.45, 2.75) is 39.7 Å². The number of nitrogens with zero attached hydrogens (tertiary/aromatic N) is 1. The summed E-state index contributed by atoms with van der Waals surface area (Å²) in [6.07, 6.45) is 3.81. The number of aromatic nitrogens is 1. The summed E-state index contributed by atoms with van der Waals surface area (Å²) in [7, 11) is 0. The van der Waals surface area contributed by atoms with Crippen LogP contribution in [0.5, 0.6) is 0 Å². The standard InChI is InChI=1S/C18H23ClN2/c1-4-9-20-18(12-17-14(3)6-5-10-21-17)15-8-7-13(2)11-16(15)19/h5-8,10-11,18,20H,4,9,12H2,1-3H3. The molecule has 0 amide bonds. The summed E-state index contributed by atoms with van der Waals surface area (Å²) in [5, 5.41) is 4.43. The minimum absolute atomic E-state index is 0.201. The molecule has 1 atom stereocenters. The van der Waals surface area contributed by atoms with Crippen LogP contribution >= 0.6 is 11.6 Å². The normalized spacial score (nSPS) is 12.4. The van der Waals surface area contributed by atoms with Crippen LogP contribution in [0.15, 0.2) is 36.5 Å². The molecule has 1 unspecified atom stereocenters. The van der Waals surface area contributed by atoms with Crippen molar-refractivity contribution in [2.24, 2.45) is 0 Å². The van der Waals surface area contributed by atoms with Crippen molar-refractivity contribution in [1.29, 1.82) is 0 Å². The first-order chi connectivity index (χ1) is 10.1. The Balaban J connectivity index is 2.27. The number of pyridine rings is 1. The van der Waals surface area contributed by atoms with E-state index in [2.05, 4.69) is 49.3 Å². The van der Waals surface area contributed by atoms with E-state index in [0.717, 1.165) is 35.7 Å². The highest BCUT2D eigenvalue weighted by Crippen LogP contribution is 2.27. The Bertz CT molecular complexity index is 596. The lowest BCUT2D eigenvalue weighted by molar-refractivity contribution is 0.523. The fourth-order valence-corrected chi connectivity index (χ4v) is 2.82. The fourth-order valence-electron chi connectivity index (χ4n) is 2.45. The van der Waals surface area contributed by atoms with Gasteiger partial charge < -0.3 is 5.32 Å². The summed E-state index contributed by atoms with van der Waals surface area (Å²) >= 11 is 6.45. The molecule has 21 heavy (non-hydrogen) atoms. The van der Waals surface area contributed by atoms with Gasteiger partial charge in [0.1, 0.15) is 0 Å². The van der Waals surface area contributed by atoms with E-state index < -0.39 is 0 Å². The highest BCUT2D eigenvalue weighted by Gasteiger charge is 2.16. The molecule has 0 fully saturated rings. The van der Waals surface area contributed by atoms with E-state index >= 15 is 0 Å². The minimum Gasteiger partial charge on any atom is -0.310 e. The molecule has 2 rings (SSSR count). The van der Waals surface area contributed by atoms with Crippen LogP contribution in [0.4, 0.5) is 0 Å². The molecule has 2 nitrogen and oxygen atoms in total. The molecular formula is C18H23ClN2. The molecule has 0 radical (unpaired) electrons. The number of nitrogens with one attached hydrogen (secondary N) is 1. The van der Waals surface area contributed by atoms with Gasteiger partial charge in [-0.15, -0.1) is 0 Å². The average molecular weight is 303 g/mol. The predicted octanol–water partition coefficient (Wildman–Crippen LogP) is 4.64. The summed E-state index contributed by atoms with van der Waals surface area (Å²) in [5.74, 6) is 0. The zero-order valence-electron chi connectivity index (χ0n) is 13.0. The van der Waals surface area contributed by atoms with E-state index in [-0.39, 0.29) is 6.04 Å². The van der Waals surface area contributed by atoms with Gasteiger partial charge in [-0.05, 0) is 55.6 Å². The molecule has 1 aromatic carbocycles. The highest BCUT2D eigenvalue weighted by atomic mass is 35.5.